The largest absolute Gasteiger partial charge is 0.465 e. The van der Waals surface area contributed by atoms with Gasteiger partial charge in [0.1, 0.15) is 23.5 Å². The number of methoxy groups -OCH3 is 1. The summed E-state index contributed by atoms with van der Waals surface area (Å²) in [6.07, 6.45) is 1.30. The molecule has 0 amide bonds. The van der Waals surface area contributed by atoms with Gasteiger partial charge in [0, 0.05) is 11.9 Å². The molecule has 2 rings (SSSR count). The van der Waals surface area contributed by atoms with Gasteiger partial charge < -0.3 is 10.1 Å². The van der Waals surface area contributed by atoms with E-state index in [1.54, 1.807) is 42.5 Å². The van der Waals surface area contributed by atoms with Crippen molar-refractivity contribution in [1.82, 2.24) is 0 Å². The van der Waals surface area contributed by atoms with Gasteiger partial charge in [-0.15, -0.1) is 0 Å². The maximum Gasteiger partial charge on any atom is 0.337 e. The molecule has 2 aromatic carbocycles. The van der Waals surface area contributed by atoms with Crippen LogP contribution < -0.4 is 5.32 Å². The second kappa shape index (κ2) is 7.57. The van der Waals surface area contributed by atoms with Crippen LogP contribution in [-0.2, 0) is 4.74 Å². The van der Waals surface area contributed by atoms with Crippen molar-refractivity contribution in [3.63, 3.8) is 0 Å². The molecule has 2 aromatic rings. The first-order chi connectivity index (χ1) is 11.6. The highest BCUT2D eigenvalue weighted by molar-refractivity contribution is 5.91. The van der Waals surface area contributed by atoms with Crippen LogP contribution in [0.15, 0.2) is 54.2 Å². The van der Waals surface area contributed by atoms with E-state index in [0.29, 0.717) is 16.8 Å². The zero-order valence-electron chi connectivity index (χ0n) is 12.7. The van der Waals surface area contributed by atoms with Gasteiger partial charge in [0.2, 0.25) is 0 Å². The number of ether oxygens (including phenoxy) is 1. The van der Waals surface area contributed by atoms with E-state index in [1.807, 2.05) is 0 Å². The van der Waals surface area contributed by atoms with Gasteiger partial charge in [-0.2, -0.15) is 10.5 Å². The van der Waals surface area contributed by atoms with Crippen molar-refractivity contribution < 1.29 is 13.9 Å². The van der Waals surface area contributed by atoms with Crippen molar-refractivity contribution in [1.29, 1.82) is 10.5 Å². The average Bonchev–Trinajstić information content (AvgIpc) is 2.62. The summed E-state index contributed by atoms with van der Waals surface area (Å²) in [4.78, 5) is 11.6. The highest BCUT2D eigenvalue weighted by Crippen LogP contribution is 2.24. The molecule has 6 heteroatoms. The summed E-state index contributed by atoms with van der Waals surface area (Å²) in [5.41, 5.74) is 1.98. The maximum atomic E-state index is 13.7. The van der Waals surface area contributed by atoms with Crippen molar-refractivity contribution in [3.8, 4) is 23.3 Å². The van der Waals surface area contributed by atoms with Crippen molar-refractivity contribution in [3.05, 3.63) is 65.6 Å². The average molecular weight is 321 g/mol. The second-order valence-corrected chi connectivity index (χ2v) is 4.72. The number of carbonyl (C=O) groups is 1. The van der Waals surface area contributed by atoms with Gasteiger partial charge in [0.05, 0.1) is 12.7 Å². The topological polar surface area (TPSA) is 85.9 Å². The first kappa shape index (κ1) is 16.7. The van der Waals surface area contributed by atoms with Gasteiger partial charge in [0.25, 0.3) is 0 Å². The first-order valence-electron chi connectivity index (χ1n) is 6.83. The van der Waals surface area contributed by atoms with Crippen LogP contribution in [0.5, 0.6) is 0 Å². The molecule has 0 aliphatic rings. The van der Waals surface area contributed by atoms with Gasteiger partial charge in [-0.05, 0) is 41.5 Å². The molecular weight excluding hydrogens is 309 g/mol. The molecule has 0 fully saturated rings. The van der Waals surface area contributed by atoms with Crippen LogP contribution in [-0.4, -0.2) is 13.1 Å². The third-order valence-corrected chi connectivity index (χ3v) is 3.16. The number of nitrogens with zero attached hydrogens (tertiary/aromatic N) is 2. The molecule has 0 spiro atoms. The summed E-state index contributed by atoms with van der Waals surface area (Å²) in [7, 11) is 1.23. The van der Waals surface area contributed by atoms with E-state index < -0.39 is 11.8 Å². The summed E-state index contributed by atoms with van der Waals surface area (Å²) in [5, 5.41) is 20.1. The highest BCUT2D eigenvalue weighted by Gasteiger charge is 2.10. The smallest absolute Gasteiger partial charge is 0.337 e. The van der Waals surface area contributed by atoms with Gasteiger partial charge in [-0.25, -0.2) is 9.18 Å². The molecule has 0 aromatic heterocycles. The van der Waals surface area contributed by atoms with Crippen LogP contribution in [0.2, 0.25) is 0 Å². The minimum Gasteiger partial charge on any atom is -0.465 e. The molecule has 1 N–H and O–H groups in total. The fraction of sp³-hybridized carbons (Fsp3) is 0.0556. The van der Waals surface area contributed by atoms with Gasteiger partial charge in [-0.1, -0.05) is 12.1 Å². The zero-order valence-corrected chi connectivity index (χ0v) is 12.7. The summed E-state index contributed by atoms with van der Waals surface area (Å²) >= 11 is 0. The lowest BCUT2D eigenvalue weighted by molar-refractivity contribution is 0.0600. The molecule has 0 saturated heterocycles. The predicted molar refractivity (Wildman–Crippen MR) is 86.1 cm³/mol. The number of hydrogen-bond acceptors (Lipinski definition) is 5. The number of esters is 1. The summed E-state index contributed by atoms with van der Waals surface area (Å²) in [5.74, 6) is -1.15. The Morgan fingerprint density at radius 3 is 2.38 bits per heavy atom. The Balaban J connectivity index is 2.27. The van der Waals surface area contributed by atoms with E-state index in [0.717, 1.165) is 6.07 Å². The van der Waals surface area contributed by atoms with E-state index >= 15 is 0 Å². The molecule has 118 valence electrons. The summed E-state index contributed by atoms with van der Waals surface area (Å²) < 4.78 is 18.3. The highest BCUT2D eigenvalue weighted by atomic mass is 19.1. The molecule has 0 atom stereocenters. The molecule has 5 nitrogen and oxygen atoms in total. The normalized spacial score (nSPS) is 9.33. The second-order valence-electron chi connectivity index (χ2n) is 4.72. The van der Waals surface area contributed by atoms with E-state index in [-0.39, 0.29) is 11.1 Å². The van der Waals surface area contributed by atoms with Crippen LogP contribution in [0, 0.1) is 28.5 Å². The molecule has 0 saturated carbocycles. The van der Waals surface area contributed by atoms with E-state index in [4.69, 9.17) is 10.5 Å². The fourth-order valence-corrected chi connectivity index (χ4v) is 2.00. The minimum absolute atomic E-state index is 0.0491. The number of anilines is 1. The number of nitrogens with one attached hydrogen (secondary N) is 1. The third-order valence-electron chi connectivity index (χ3n) is 3.16. The Bertz CT molecular complexity index is 859. The van der Waals surface area contributed by atoms with Crippen molar-refractivity contribution >= 4 is 11.7 Å². The van der Waals surface area contributed by atoms with Crippen LogP contribution in [0.1, 0.15) is 10.4 Å². The van der Waals surface area contributed by atoms with E-state index in [9.17, 15) is 9.18 Å². The fourth-order valence-electron chi connectivity index (χ4n) is 2.00. The molecule has 0 unspecified atom stereocenters. The van der Waals surface area contributed by atoms with Crippen molar-refractivity contribution in [2.45, 2.75) is 0 Å². The standard InChI is InChI=1S/C18H12FN3O2/c1-24-18(23)15-6-14(7-16(19)8-15)13-2-4-17(5-3-13)22-11-12(9-20)10-21/h2-8,11,22H,1H3. The number of rotatable bonds is 4. The third kappa shape index (κ3) is 3.96. The van der Waals surface area contributed by atoms with Crippen LogP contribution in [0.25, 0.3) is 11.1 Å². The Morgan fingerprint density at radius 2 is 1.79 bits per heavy atom. The van der Waals surface area contributed by atoms with Crippen molar-refractivity contribution in [2.24, 2.45) is 0 Å². The lowest BCUT2D eigenvalue weighted by atomic mass is 10.0. The maximum absolute atomic E-state index is 13.7. The van der Waals surface area contributed by atoms with E-state index in [1.165, 1.54) is 19.4 Å². The molecule has 0 aliphatic carbocycles. The molecule has 0 aliphatic heterocycles. The molecular formula is C18H12FN3O2. The Labute approximate surface area is 138 Å². The Morgan fingerprint density at radius 1 is 1.12 bits per heavy atom. The SMILES string of the molecule is COC(=O)c1cc(F)cc(-c2ccc(NC=C(C#N)C#N)cc2)c1. The summed E-state index contributed by atoms with van der Waals surface area (Å²) in [6.45, 7) is 0. The number of halogens is 1. The number of benzene rings is 2. The van der Waals surface area contributed by atoms with Crippen LogP contribution in [0.4, 0.5) is 10.1 Å². The molecule has 0 radical (unpaired) electrons. The van der Waals surface area contributed by atoms with Gasteiger partial charge in [0.15, 0.2) is 0 Å². The number of nitriles is 2. The lowest BCUT2D eigenvalue weighted by Crippen LogP contribution is -2.02. The van der Waals surface area contributed by atoms with E-state index in [2.05, 4.69) is 10.1 Å². The number of carbonyl (C=O) groups excluding carboxylic acids is 1. The Kier molecular flexibility index (Phi) is 5.28. The monoisotopic (exact) mass is 321 g/mol. The van der Waals surface area contributed by atoms with Crippen molar-refractivity contribution in [2.75, 3.05) is 12.4 Å². The molecule has 24 heavy (non-hydrogen) atoms. The lowest BCUT2D eigenvalue weighted by Gasteiger charge is -2.07. The predicted octanol–water partition coefficient (Wildman–Crippen LogP) is 3.62. The minimum atomic E-state index is -0.611. The first-order valence-corrected chi connectivity index (χ1v) is 6.83. The molecule has 0 heterocycles. The quantitative estimate of drug-likeness (QED) is 0.686. The van der Waals surface area contributed by atoms with Gasteiger partial charge >= 0.3 is 5.97 Å². The Hall–Kier alpha value is -3.64. The van der Waals surface area contributed by atoms with Crippen LogP contribution >= 0.6 is 0 Å². The summed E-state index contributed by atoms with van der Waals surface area (Å²) in [6, 6.07) is 14.3. The zero-order chi connectivity index (χ0) is 17.5. The number of allylic oxidation sites excluding steroid dienone is 1. The molecule has 0 bridgehead atoms. The van der Waals surface area contributed by atoms with Gasteiger partial charge in [-0.3, -0.25) is 0 Å². The van der Waals surface area contributed by atoms with Crippen LogP contribution in [0.3, 0.4) is 0 Å². The number of hydrogen-bond donors (Lipinski definition) is 1.